The van der Waals surface area contributed by atoms with Crippen LogP contribution in [0.3, 0.4) is 0 Å². The van der Waals surface area contributed by atoms with Crippen LogP contribution in [-0.4, -0.2) is 5.78 Å². The molecule has 0 saturated heterocycles. The van der Waals surface area contributed by atoms with Crippen LogP contribution < -0.4 is 0 Å². The Labute approximate surface area is 254 Å². The fraction of sp³-hybridized carbons (Fsp3) is 0.262. The van der Waals surface area contributed by atoms with Crippen LogP contribution in [0.1, 0.15) is 95.1 Å². The van der Waals surface area contributed by atoms with Gasteiger partial charge in [-0.1, -0.05) is 129 Å². The molecule has 0 N–H and O–H groups in total. The zero-order valence-corrected chi connectivity index (χ0v) is 24.9. The first-order valence-corrected chi connectivity index (χ1v) is 16.2. The molecule has 4 aliphatic carbocycles. The van der Waals surface area contributed by atoms with Gasteiger partial charge in [-0.2, -0.15) is 0 Å². The van der Waals surface area contributed by atoms with E-state index < -0.39 is 5.41 Å². The first kappa shape index (κ1) is 25.3. The zero-order chi connectivity index (χ0) is 28.8. The minimum atomic E-state index is -0.416. The molecule has 1 heteroatoms. The molecular weight excluding hydrogens is 520 g/mol. The van der Waals surface area contributed by atoms with Crippen LogP contribution in [0.2, 0.25) is 0 Å². The molecule has 1 fully saturated rings. The van der Waals surface area contributed by atoms with E-state index in [9.17, 15) is 4.79 Å². The first-order chi connectivity index (χ1) is 21.1. The van der Waals surface area contributed by atoms with Crippen LogP contribution in [0.5, 0.6) is 0 Å². The van der Waals surface area contributed by atoms with Gasteiger partial charge in [0.15, 0.2) is 5.78 Å². The maximum absolute atomic E-state index is 13.5. The Hall–Kier alpha value is -4.23. The third kappa shape index (κ3) is 3.37. The van der Waals surface area contributed by atoms with Gasteiger partial charge in [0.2, 0.25) is 0 Å². The number of Topliss-reactive ketones (excluding diaryl/α,β-unsaturated/α-hetero) is 1. The molecule has 0 heterocycles. The minimum absolute atomic E-state index is 0.109. The standard InChI is InChI=1S/C42H36O/c1-27-15-18-31-32-19-16-28(24-38(32)41(37(31)23-27)21-9-3-2-4-10-22-41)29-17-20-33-30-11-5-7-13-35(30)42(39(33)25-29)26-40(43)34-12-6-8-14-36(34)42/h5-8,11-20,23-25H,2-4,9-10,21-22,26H2,1H3. The number of aryl methyl sites for hydroxylation is 1. The maximum Gasteiger partial charge on any atom is 0.164 e. The molecule has 0 radical (unpaired) electrons. The number of fused-ring (bicyclic) bond motifs is 12. The van der Waals surface area contributed by atoms with Crippen molar-refractivity contribution in [1.29, 1.82) is 0 Å². The molecule has 5 aromatic rings. The lowest BCUT2D eigenvalue weighted by Crippen LogP contribution is -2.26. The Morgan fingerprint density at radius 3 is 1.72 bits per heavy atom. The Morgan fingerprint density at radius 1 is 0.488 bits per heavy atom. The van der Waals surface area contributed by atoms with Crippen LogP contribution in [0, 0.1) is 6.92 Å². The van der Waals surface area contributed by atoms with Gasteiger partial charge in [-0.05, 0) is 93.1 Å². The number of benzene rings is 5. The summed E-state index contributed by atoms with van der Waals surface area (Å²) in [5.74, 6) is 0.250. The highest BCUT2D eigenvalue weighted by atomic mass is 16.1. The van der Waals surface area contributed by atoms with E-state index in [0.29, 0.717) is 6.42 Å². The first-order valence-electron chi connectivity index (χ1n) is 16.2. The summed E-state index contributed by atoms with van der Waals surface area (Å²) in [6.07, 6.45) is 9.62. The van der Waals surface area contributed by atoms with Crippen LogP contribution in [0.4, 0.5) is 0 Å². The Morgan fingerprint density at radius 2 is 1.00 bits per heavy atom. The molecule has 5 aromatic carbocycles. The van der Waals surface area contributed by atoms with E-state index in [-0.39, 0.29) is 11.2 Å². The van der Waals surface area contributed by atoms with E-state index in [4.69, 9.17) is 0 Å². The van der Waals surface area contributed by atoms with Crippen molar-refractivity contribution in [3.05, 3.63) is 142 Å². The molecule has 0 aliphatic heterocycles. The average molecular weight is 557 g/mol. The zero-order valence-electron chi connectivity index (χ0n) is 24.9. The minimum Gasteiger partial charge on any atom is -0.294 e. The Balaban J connectivity index is 1.24. The second-order valence-corrected chi connectivity index (χ2v) is 13.5. The molecular formula is C42H36O. The summed E-state index contributed by atoms with van der Waals surface area (Å²) in [7, 11) is 0. The van der Waals surface area contributed by atoms with Gasteiger partial charge >= 0.3 is 0 Å². The third-order valence-corrected chi connectivity index (χ3v) is 11.3. The maximum atomic E-state index is 13.5. The molecule has 1 atom stereocenters. The monoisotopic (exact) mass is 556 g/mol. The lowest BCUT2D eigenvalue weighted by Gasteiger charge is -2.34. The van der Waals surface area contributed by atoms with Crippen molar-refractivity contribution in [1.82, 2.24) is 0 Å². The predicted molar refractivity (Wildman–Crippen MR) is 176 cm³/mol. The molecule has 4 aliphatic rings. The Kier molecular flexibility index (Phi) is 5.37. The van der Waals surface area contributed by atoms with Gasteiger partial charge in [-0.25, -0.2) is 0 Å². The highest BCUT2D eigenvalue weighted by Gasteiger charge is 2.51. The van der Waals surface area contributed by atoms with Crippen LogP contribution in [-0.2, 0) is 10.8 Å². The molecule has 2 spiro atoms. The number of rotatable bonds is 1. The number of ketones is 1. The van der Waals surface area contributed by atoms with Crippen molar-refractivity contribution in [2.75, 3.05) is 0 Å². The molecule has 0 amide bonds. The van der Waals surface area contributed by atoms with E-state index in [2.05, 4.69) is 97.9 Å². The Bertz CT molecular complexity index is 1970. The van der Waals surface area contributed by atoms with E-state index in [1.165, 1.54) is 101 Å². The lowest BCUT2D eigenvalue weighted by molar-refractivity contribution is 0.0984. The summed E-state index contributed by atoms with van der Waals surface area (Å²) in [6.45, 7) is 2.25. The number of hydrogen-bond acceptors (Lipinski definition) is 1. The van der Waals surface area contributed by atoms with Gasteiger partial charge < -0.3 is 0 Å². The average Bonchev–Trinajstić information content (AvgIpc) is 3.59. The predicted octanol–water partition coefficient (Wildman–Crippen LogP) is 10.6. The molecule has 43 heavy (non-hydrogen) atoms. The van der Waals surface area contributed by atoms with Crippen molar-refractivity contribution >= 4 is 5.78 Å². The van der Waals surface area contributed by atoms with Crippen molar-refractivity contribution in [3.63, 3.8) is 0 Å². The van der Waals surface area contributed by atoms with Gasteiger partial charge in [0.25, 0.3) is 0 Å². The van der Waals surface area contributed by atoms with Crippen molar-refractivity contribution < 1.29 is 4.79 Å². The molecule has 1 saturated carbocycles. The van der Waals surface area contributed by atoms with Gasteiger partial charge in [-0.15, -0.1) is 0 Å². The highest BCUT2D eigenvalue weighted by molar-refractivity contribution is 6.06. The summed E-state index contributed by atoms with van der Waals surface area (Å²) >= 11 is 0. The summed E-state index contributed by atoms with van der Waals surface area (Å²) in [5.41, 5.74) is 16.7. The number of carbonyl (C=O) groups is 1. The fourth-order valence-electron chi connectivity index (χ4n) is 9.39. The third-order valence-electron chi connectivity index (χ3n) is 11.3. The number of carbonyl (C=O) groups excluding carboxylic acids is 1. The van der Waals surface area contributed by atoms with Gasteiger partial charge in [0, 0.05) is 17.4 Å². The second-order valence-electron chi connectivity index (χ2n) is 13.5. The van der Waals surface area contributed by atoms with Gasteiger partial charge in [0.1, 0.15) is 0 Å². The van der Waals surface area contributed by atoms with Gasteiger partial charge in [-0.3, -0.25) is 4.79 Å². The summed E-state index contributed by atoms with van der Waals surface area (Å²) in [6, 6.07) is 38.5. The normalized spacial score (nSPS) is 20.7. The summed E-state index contributed by atoms with van der Waals surface area (Å²) in [5, 5.41) is 0. The van der Waals surface area contributed by atoms with Crippen LogP contribution in [0.15, 0.2) is 103 Å². The van der Waals surface area contributed by atoms with Crippen LogP contribution in [0.25, 0.3) is 33.4 Å². The van der Waals surface area contributed by atoms with Crippen molar-refractivity contribution in [3.8, 4) is 33.4 Å². The molecule has 0 bridgehead atoms. The molecule has 210 valence electrons. The van der Waals surface area contributed by atoms with E-state index >= 15 is 0 Å². The SMILES string of the molecule is Cc1ccc2c(c1)C1(CCCCCCC1)c1cc(-c3ccc4c(c3)C3(CC(=O)c5ccccc53)c3ccccc3-4)ccc1-2. The second kappa shape index (κ2) is 9.13. The smallest absolute Gasteiger partial charge is 0.164 e. The largest absolute Gasteiger partial charge is 0.294 e. The molecule has 0 aromatic heterocycles. The van der Waals surface area contributed by atoms with Crippen LogP contribution >= 0.6 is 0 Å². The molecule has 1 nitrogen and oxygen atoms in total. The summed E-state index contributed by atoms with van der Waals surface area (Å²) in [4.78, 5) is 13.5. The molecule has 1 unspecified atom stereocenters. The van der Waals surface area contributed by atoms with E-state index in [0.717, 1.165) is 11.1 Å². The number of hydrogen-bond donors (Lipinski definition) is 0. The van der Waals surface area contributed by atoms with E-state index in [1.807, 2.05) is 12.1 Å². The molecule has 9 rings (SSSR count). The highest BCUT2D eigenvalue weighted by Crippen LogP contribution is 2.59. The van der Waals surface area contributed by atoms with Gasteiger partial charge in [0.05, 0.1) is 5.41 Å². The lowest BCUT2D eigenvalue weighted by atomic mass is 9.69. The fourth-order valence-corrected chi connectivity index (χ4v) is 9.39. The van der Waals surface area contributed by atoms with E-state index in [1.54, 1.807) is 5.56 Å². The quantitative estimate of drug-likeness (QED) is 0.201. The topological polar surface area (TPSA) is 17.1 Å². The summed E-state index contributed by atoms with van der Waals surface area (Å²) < 4.78 is 0. The van der Waals surface area contributed by atoms with Crippen molar-refractivity contribution in [2.24, 2.45) is 0 Å². The van der Waals surface area contributed by atoms with Crippen molar-refractivity contribution in [2.45, 2.75) is 69.1 Å².